The molecule has 12 heteroatoms. The molecule has 0 aliphatic carbocycles. The standard InChI is InChI=1S/C20H11ClF3N5O2S/c21-13-7-6-12(20(22,23)24)9-14(13)28-18-17(29(30)31)19(27-10-26-18)32-15-5-1-3-11-4-2-8-25-16(11)15/h1-10H,(H,26,27,28). The normalized spacial score (nSPS) is 11.5. The van der Waals surface area contributed by atoms with E-state index in [1.807, 2.05) is 12.1 Å². The maximum atomic E-state index is 13.1. The Balaban J connectivity index is 1.76. The summed E-state index contributed by atoms with van der Waals surface area (Å²) < 4.78 is 39.2. The number of aromatic nitrogens is 3. The van der Waals surface area contributed by atoms with E-state index in [2.05, 4.69) is 20.3 Å². The largest absolute Gasteiger partial charge is 0.416 e. The highest BCUT2D eigenvalue weighted by atomic mass is 35.5. The van der Waals surface area contributed by atoms with E-state index in [9.17, 15) is 23.3 Å². The number of benzene rings is 2. The second kappa shape index (κ2) is 8.60. The molecule has 162 valence electrons. The predicted molar refractivity (Wildman–Crippen MR) is 114 cm³/mol. The van der Waals surface area contributed by atoms with Crippen LogP contribution in [0, 0.1) is 10.1 Å². The van der Waals surface area contributed by atoms with Crippen LogP contribution >= 0.6 is 23.4 Å². The number of alkyl halides is 3. The lowest BCUT2D eigenvalue weighted by Gasteiger charge is -2.13. The molecule has 2 aromatic heterocycles. The first-order chi connectivity index (χ1) is 15.2. The molecule has 32 heavy (non-hydrogen) atoms. The van der Waals surface area contributed by atoms with Gasteiger partial charge in [-0.15, -0.1) is 0 Å². The lowest BCUT2D eigenvalue weighted by molar-refractivity contribution is -0.387. The van der Waals surface area contributed by atoms with Gasteiger partial charge in [0.1, 0.15) is 6.33 Å². The first-order valence-electron chi connectivity index (χ1n) is 8.89. The van der Waals surface area contributed by atoms with Crippen molar-refractivity contribution in [3.8, 4) is 0 Å². The molecule has 0 aliphatic rings. The zero-order chi connectivity index (χ0) is 22.9. The molecule has 0 saturated carbocycles. The fourth-order valence-corrected chi connectivity index (χ4v) is 4.04. The predicted octanol–water partition coefficient (Wildman–Crippen LogP) is 6.50. The molecule has 0 unspecified atom stereocenters. The Morgan fingerprint density at radius 2 is 1.84 bits per heavy atom. The monoisotopic (exact) mass is 477 g/mol. The Labute approximate surface area is 187 Å². The van der Waals surface area contributed by atoms with Gasteiger partial charge in [0.05, 0.1) is 26.7 Å². The molecule has 2 aromatic carbocycles. The maximum Gasteiger partial charge on any atom is 0.416 e. The van der Waals surface area contributed by atoms with Crippen molar-refractivity contribution >= 4 is 51.5 Å². The number of para-hydroxylation sites is 1. The van der Waals surface area contributed by atoms with Crippen molar-refractivity contribution in [1.82, 2.24) is 15.0 Å². The van der Waals surface area contributed by atoms with E-state index in [1.54, 1.807) is 24.4 Å². The van der Waals surface area contributed by atoms with Crippen LogP contribution in [0.5, 0.6) is 0 Å². The highest BCUT2D eigenvalue weighted by Crippen LogP contribution is 2.41. The molecule has 0 aliphatic heterocycles. The summed E-state index contributed by atoms with van der Waals surface area (Å²) >= 11 is 7.01. The molecule has 4 aromatic rings. The van der Waals surface area contributed by atoms with Crippen molar-refractivity contribution in [3.63, 3.8) is 0 Å². The van der Waals surface area contributed by atoms with Gasteiger partial charge in [0.2, 0.25) is 5.82 Å². The Morgan fingerprint density at radius 3 is 2.59 bits per heavy atom. The molecule has 2 heterocycles. The zero-order valence-corrected chi connectivity index (χ0v) is 17.4. The minimum atomic E-state index is -4.61. The smallest absolute Gasteiger partial charge is 0.333 e. The van der Waals surface area contributed by atoms with E-state index in [4.69, 9.17) is 11.6 Å². The second-order valence-corrected chi connectivity index (χ2v) is 7.82. The zero-order valence-electron chi connectivity index (χ0n) is 15.8. The number of fused-ring (bicyclic) bond motifs is 1. The average Bonchev–Trinajstić information content (AvgIpc) is 2.75. The van der Waals surface area contributed by atoms with Crippen molar-refractivity contribution in [1.29, 1.82) is 0 Å². The van der Waals surface area contributed by atoms with Gasteiger partial charge in [-0.3, -0.25) is 15.1 Å². The van der Waals surface area contributed by atoms with Crippen LogP contribution < -0.4 is 5.32 Å². The third-order valence-corrected chi connectivity index (χ3v) is 5.69. The molecule has 0 saturated heterocycles. The maximum absolute atomic E-state index is 13.1. The van der Waals surface area contributed by atoms with E-state index in [0.717, 1.165) is 41.7 Å². The number of nitrogens with zero attached hydrogens (tertiary/aromatic N) is 4. The molecule has 1 N–H and O–H groups in total. The summed E-state index contributed by atoms with van der Waals surface area (Å²) in [5, 5.41) is 15.2. The highest BCUT2D eigenvalue weighted by molar-refractivity contribution is 7.99. The number of nitrogens with one attached hydrogen (secondary N) is 1. The van der Waals surface area contributed by atoms with Gasteiger partial charge in [-0.05, 0) is 30.3 Å². The number of anilines is 2. The Hall–Kier alpha value is -3.44. The van der Waals surface area contributed by atoms with Crippen LogP contribution in [0.25, 0.3) is 10.9 Å². The van der Waals surface area contributed by atoms with Crippen molar-refractivity contribution in [2.45, 2.75) is 16.1 Å². The molecule has 0 bridgehead atoms. The Kier molecular flexibility index (Phi) is 5.85. The average molecular weight is 478 g/mol. The summed E-state index contributed by atoms with van der Waals surface area (Å²) in [5.41, 5.74) is -1.01. The van der Waals surface area contributed by atoms with Gasteiger partial charge < -0.3 is 5.32 Å². The van der Waals surface area contributed by atoms with Gasteiger partial charge in [-0.1, -0.05) is 41.6 Å². The number of hydrogen-bond donors (Lipinski definition) is 1. The number of nitro groups is 1. The SMILES string of the molecule is O=[N+]([O-])c1c(Nc2cc(C(F)(F)F)ccc2Cl)ncnc1Sc1cccc2cccnc12. The third-order valence-electron chi connectivity index (χ3n) is 4.32. The van der Waals surface area contributed by atoms with Gasteiger partial charge >= 0.3 is 11.9 Å². The first kappa shape index (κ1) is 21.8. The van der Waals surface area contributed by atoms with Crippen LogP contribution in [0.1, 0.15) is 5.56 Å². The van der Waals surface area contributed by atoms with Crippen molar-refractivity contribution in [3.05, 3.63) is 81.8 Å². The van der Waals surface area contributed by atoms with Gasteiger partial charge in [0, 0.05) is 16.5 Å². The third kappa shape index (κ3) is 4.43. The summed E-state index contributed by atoms with van der Waals surface area (Å²) in [6.45, 7) is 0. The van der Waals surface area contributed by atoms with E-state index >= 15 is 0 Å². The molecular weight excluding hydrogens is 467 g/mol. The summed E-state index contributed by atoms with van der Waals surface area (Å²) in [4.78, 5) is 23.9. The van der Waals surface area contributed by atoms with Gasteiger partial charge in [-0.25, -0.2) is 9.97 Å². The Bertz CT molecular complexity index is 1330. The van der Waals surface area contributed by atoms with Gasteiger partial charge in [0.25, 0.3) is 0 Å². The van der Waals surface area contributed by atoms with Crippen LogP contribution in [0.15, 0.2) is 71.0 Å². The van der Waals surface area contributed by atoms with Crippen LogP contribution in [0.2, 0.25) is 5.02 Å². The highest BCUT2D eigenvalue weighted by Gasteiger charge is 2.31. The lowest BCUT2D eigenvalue weighted by atomic mass is 10.2. The summed E-state index contributed by atoms with van der Waals surface area (Å²) in [6, 6.07) is 11.6. The van der Waals surface area contributed by atoms with Crippen molar-refractivity contribution in [2.24, 2.45) is 0 Å². The topological polar surface area (TPSA) is 93.8 Å². The summed E-state index contributed by atoms with van der Waals surface area (Å²) in [5.74, 6) is -0.290. The van der Waals surface area contributed by atoms with Crippen LogP contribution in [-0.4, -0.2) is 19.9 Å². The summed E-state index contributed by atoms with van der Waals surface area (Å²) in [7, 11) is 0. The number of rotatable bonds is 5. The lowest BCUT2D eigenvalue weighted by Crippen LogP contribution is -2.07. The molecule has 0 atom stereocenters. The molecule has 0 amide bonds. The van der Waals surface area contributed by atoms with Crippen LogP contribution in [-0.2, 0) is 6.18 Å². The molecule has 0 spiro atoms. The van der Waals surface area contributed by atoms with Crippen molar-refractivity contribution < 1.29 is 18.1 Å². The minimum Gasteiger partial charge on any atom is -0.333 e. The van der Waals surface area contributed by atoms with Gasteiger partial charge in [0.15, 0.2) is 5.03 Å². The number of halogens is 4. The Morgan fingerprint density at radius 1 is 1.06 bits per heavy atom. The van der Waals surface area contributed by atoms with E-state index in [1.165, 1.54) is 0 Å². The first-order valence-corrected chi connectivity index (χ1v) is 10.1. The minimum absolute atomic E-state index is 0.00579. The molecular formula is C20H11ClF3N5O2S. The molecule has 7 nitrogen and oxygen atoms in total. The molecule has 0 fully saturated rings. The number of hydrogen-bond acceptors (Lipinski definition) is 7. The molecule has 0 radical (unpaired) electrons. The fraction of sp³-hybridized carbons (Fsp3) is 0.0500. The summed E-state index contributed by atoms with van der Waals surface area (Å²) in [6.07, 6.45) is -1.93. The molecule has 4 rings (SSSR count). The van der Waals surface area contributed by atoms with Gasteiger partial charge in [-0.2, -0.15) is 13.2 Å². The quantitative estimate of drug-likeness (QED) is 0.199. The number of pyridine rings is 1. The van der Waals surface area contributed by atoms with E-state index in [0.29, 0.717) is 10.4 Å². The van der Waals surface area contributed by atoms with Crippen LogP contribution in [0.4, 0.5) is 30.4 Å². The van der Waals surface area contributed by atoms with E-state index < -0.39 is 22.4 Å². The van der Waals surface area contributed by atoms with E-state index in [-0.39, 0.29) is 21.6 Å². The fourth-order valence-electron chi connectivity index (χ4n) is 2.88. The van der Waals surface area contributed by atoms with Crippen molar-refractivity contribution in [2.75, 3.05) is 5.32 Å². The van der Waals surface area contributed by atoms with Crippen LogP contribution in [0.3, 0.4) is 0 Å². The second-order valence-electron chi connectivity index (χ2n) is 6.38.